The molecule has 0 bridgehead atoms. The van der Waals surface area contributed by atoms with Gasteiger partial charge in [0.15, 0.2) is 11.5 Å². The van der Waals surface area contributed by atoms with Crippen molar-refractivity contribution in [3.8, 4) is 22.5 Å². The molecule has 2 N–H and O–H groups in total. The molecule has 0 spiro atoms. The van der Waals surface area contributed by atoms with E-state index in [2.05, 4.69) is 72.9 Å². The molecule has 2 heterocycles. The average Bonchev–Trinajstić information content (AvgIpc) is 3.81. The van der Waals surface area contributed by atoms with Crippen molar-refractivity contribution in [3.05, 3.63) is 168 Å². The summed E-state index contributed by atoms with van der Waals surface area (Å²) in [4.78, 5) is 15.1. The number of aromatic nitrogens is 4. The lowest BCUT2D eigenvalue weighted by atomic mass is 9.77. The number of carbonyl (C=O) groups is 1. The normalized spacial score (nSPS) is 15.8. The number of unbranched alkanes of at least 4 members (excludes halogenated alkanes) is 1. The van der Waals surface area contributed by atoms with Gasteiger partial charge in [-0.2, -0.15) is 0 Å². The van der Waals surface area contributed by atoms with E-state index in [0.717, 1.165) is 58.3 Å². The Morgan fingerprint density at radius 1 is 0.788 bits per heavy atom. The second-order valence-electron chi connectivity index (χ2n) is 13.1. The van der Waals surface area contributed by atoms with Gasteiger partial charge >= 0.3 is 5.97 Å². The number of nitrogens with zero attached hydrogens (tertiary/aromatic N) is 5. The highest BCUT2D eigenvalue weighted by Crippen LogP contribution is 2.44. The van der Waals surface area contributed by atoms with Crippen LogP contribution in [0.4, 0.5) is 5.69 Å². The number of hydrogen-bond acceptors (Lipinski definition) is 8. The monoisotopic (exact) mass is 690 g/mol. The maximum atomic E-state index is 13.1. The summed E-state index contributed by atoms with van der Waals surface area (Å²) in [7, 11) is 1.36. The quantitative estimate of drug-likeness (QED) is 0.100. The van der Waals surface area contributed by atoms with Crippen LogP contribution in [0.25, 0.3) is 22.5 Å². The zero-order valence-corrected chi connectivity index (χ0v) is 29.6. The molecule has 0 fully saturated rings. The van der Waals surface area contributed by atoms with Crippen molar-refractivity contribution in [1.29, 1.82) is 0 Å². The van der Waals surface area contributed by atoms with E-state index in [9.17, 15) is 9.90 Å². The highest BCUT2D eigenvalue weighted by atomic mass is 16.5. The second kappa shape index (κ2) is 14.7. The van der Waals surface area contributed by atoms with Crippen LogP contribution in [-0.4, -0.2) is 50.7 Å². The molecule has 0 radical (unpaired) electrons. The molecule has 0 amide bonds. The highest BCUT2D eigenvalue weighted by Gasteiger charge is 2.45. The predicted molar refractivity (Wildman–Crippen MR) is 203 cm³/mol. The number of methoxy groups -OCH3 is 1. The summed E-state index contributed by atoms with van der Waals surface area (Å²) < 4.78 is 7.13. The van der Waals surface area contributed by atoms with Gasteiger partial charge in [-0.15, -0.1) is 5.10 Å². The molecule has 1 unspecified atom stereocenters. The Bertz CT molecular complexity index is 2070. The number of hydrogen-bond donors (Lipinski definition) is 2. The van der Waals surface area contributed by atoms with Gasteiger partial charge in [0.05, 0.1) is 19.4 Å². The molecule has 9 nitrogen and oxygen atoms in total. The molecule has 6 aromatic rings. The van der Waals surface area contributed by atoms with Crippen LogP contribution in [0.1, 0.15) is 49.8 Å². The summed E-state index contributed by atoms with van der Waals surface area (Å²) in [6.45, 7) is 3.88. The zero-order valence-electron chi connectivity index (χ0n) is 29.6. The van der Waals surface area contributed by atoms with Crippen molar-refractivity contribution in [2.45, 2.75) is 44.3 Å². The maximum absolute atomic E-state index is 13.1. The molecule has 7 rings (SSSR count). The van der Waals surface area contributed by atoms with Crippen LogP contribution < -0.4 is 10.2 Å². The molecular weight excluding hydrogens is 649 g/mol. The lowest BCUT2D eigenvalue weighted by molar-refractivity contribution is -0.136. The van der Waals surface area contributed by atoms with Crippen LogP contribution in [0.5, 0.6) is 0 Å². The number of nitrogens with one attached hydrogen (secondary N) is 1. The number of esters is 1. The van der Waals surface area contributed by atoms with E-state index in [1.54, 1.807) is 0 Å². The summed E-state index contributed by atoms with van der Waals surface area (Å²) in [6, 6.07) is 47.3. The molecule has 52 heavy (non-hydrogen) atoms. The Labute approximate surface area is 304 Å². The molecule has 1 aromatic heterocycles. The minimum Gasteiger partial charge on any atom is -0.464 e. The van der Waals surface area contributed by atoms with E-state index >= 15 is 0 Å². The van der Waals surface area contributed by atoms with Crippen LogP contribution in [-0.2, 0) is 15.1 Å². The van der Waals surface area contributed by atoms with Gasteiger partial charge in [0.2, 0.25) is 0 Å². The Hall–Kier alpha value is -6.06. The predicted octanol–water partition coefficient (Wildman–Crippen LogP) is 7.54. The SMILES string of the molecule is CCCCC1(C)NC(CO)=C(C(=O)OC)N1c1ccc(-c2ccccc2-c2nnnn2C(c2ccccc2)(c2ccccc2)c2ccccc2)cc1. The van der Waals surface area contributed by atoms with E-state index in [4.69, 9.17) is 15.0 Å². The molecule has 0 aliphatic carbocycles. The van der Waals surface area contributed by atoms with Gasteiger partial charge in [-0.05, 0) is 70.1 Å². The van der Waals surface area contributed by atoms with Gasteiger partial charge in [0.25, 0.3) is 0 Å². The lowest BCUT2D eigenvalue weighted by Gasteiger charge is -2.38. The Morgan fingerprint density at radius 3 is 1.85 bits per heavy atom. The molecule has 262 valence electrons. The van der Waals surface area contributed by atoms with Gasteiger partial charge in [0.1, 0.15) is 11.2 Å². The summed E-state index contributed by atoms with van der Waals surface area (Å²) in [5, 5.41) is 27.4. The molecule has 1 aliphatic heterocycles. The molecule has 1 atom stereocenters. The van der Waals surface area contributed by atoms with Crippen molar-refractivity contribution >= 4 is 11.7 Å². The first kappa shape index (κ1) is 34.4. The van der Waals surface area contributed by atoms with Gasteiger partial charge in [-0.25, -0.2) is 9.48 Å². The largest absolute Gasteiger partial charge is 0.464 e. The van der Waals surface area contributed by atoms with Crippen molar-refractivity contribution in [1.82, 2.24) is 25.5 Å². The number of rotatable bonds is 12. The van der Waals surface area contributed by atoms with Gasteiger partial charge < -0.3 is 20.1 Å². The number of benzene rings is 5. The Kier molecular flexibility index (Phi) is 9.69. The van der Waals surface area contributed by atoms with Crippen LogP contribution in [0, 0.1) is 0 Å². The Morgan fingerprint density at radius 2 is 1.33 bits per heavy atom. The molecule has 0 saturated carbocycles. The second-order valence-corrected chi connectivity index (χ2v) is 13.1. The number of ether oxygens (including phenoxy) is 1. The fourth-order valence-electron chi connectivity index (χ4n) is 7.56. The molecule has 9 heteroatoms. The number of aliphatic hydroxyl groups is 1. The summed E-state index contributed by atoms with van der Waals surface area (Å²) in [5.74, 6) is 0.104. The standard InChI is InChI=1S/C43H42N6O3/c1-4-5-29-42(2)44-38(30-50)39(41(51)52-3)48(42)35-27-25-31(26-28-35)36-23-15-16-24-37(36)40-45-46-47-49(40)43(32-17-9-6-10-18-32,33-19-11-7-12-20-33)34-21-13-8-14-22-34/h6-28,44,50H,4-5,29-30H2,1-3H3. The first-order chi connectivity index (χ1) is 25.5. The first-order valence-electron chi connectivity index (χ1n) is 17.6. The lowest BCUT2D eigenvalue weighted by Crippen LogP contribution is -2.51. The van der Waals surface area contributed by atoms with Crippen LogP contribution in [0.15, 0.2) is 151 Å². The van der Waals surface area contributed by atoms with Crippen molar-refractivity contribution in [2.75, 3.05) is 18.6 Å². The van der Waals surface area contributed by atoms with Crippen molar-refractivity contribution in [3.63, 3.8) is 0 Å². The summed E-state index contributed by atoms with van der Waals surface area (Å²) in [5.41, 5.74) is 5.85. The van der Waals surface area contributed by atoms with Crippen LogP contribution >= 0.6 is 0 Å². The van der Waals surface area contributed by atoms with E-state index in [0.29, 0.717) is 17.2 Å². The van der Waals surface area contributed by atoms with Crippen molar-refractivity contribution < 1.29 is 14.6 Å². The van der Waals surface area contributed by atoms with Gasteiger partial charge in [-0.3, -0.25) is 0 Å². The number of anilines is 1. The summed E-state index contributed by atoms with van der Waals surface area (Å²) >= 11 is 0. The first-order valence-corrected chi connectivity index (χ1v) is 17.6. The van der Waals surface area contributed by atoms with E-state index in [-0.39, 0.29) is 6.61 Å². The third-order valence-corrected chi connectivity index (χ3v) is 9.94. The number of aliphatic hydroxyl groups excluding tert-OH is 1. The fraction of sp³-hybridized carbons (Fsp3) is 0.209. The third-order valence-electron chi connectivity index (χ3n) is 9.94. The van der Waals surface area contributed by atoms with Gasteiger partial charge in [0, 0.05) is 11.3 Å². The summed E-state index contributed by atoms with van der Waals surface area (Å²) in [6.07, 6.45) is 2.68. The third kappa shape index (κ3) is 5.92. The van der Waals surface area contributed by atoms with Crippen molar-refractivity contribution in [2.24, 2.45) is 0 Å². The van der Waals surface area contributed by atoms with Crippen LogP contribution in [0.3, 0.4) is 0 Å². The molecular formula is C43H42N6O3. The fourth-order valence-corrected chi connectivity index (χ4v) is 7.56. The minimum absolute atomic E-state index is 0.306. The average molecular weight is 691 g/mol. The van der Waals surface area contributed by atoms with E-state index in [1.165, 1.54) is 7.11 Å². The van der Waals surface area contributed by atoms with Crippen LogP contribution in [0.2, 0.25) is 0 Å². The van der Waals surface area contributed by atoms with Gasteiger partial charge in [-0.1, -0.05) is 141 Å². The molecule has 1 aliphatic rings. The molecule has 5 aromatic carbocycles. The zero-order chi connectivity index (χ0) is 36.1. The number of tetrazole rings is 1. The smallest absolute Gasteiger partial charge is 0.356 e. The minimum atomic E-state index is -0.897. The topological polar surface area (TPSA) is 105 Å². The van der Waals surface area contributed by atoms with E-state index in [1.807, 2.05) is 101 Å². The highest BCUT2D eigenvalue weighted by molar-refractivity contribution is 5.95. The number of carbonyl (C=O) groups excluding carboxylic acids is 1. The Balaban J connectivity index is 1.37. The molecule has 0 saturated heterocycles. The maximum Gasteiger partial charge on any atom is 0.356 e. The van der Waals surface area contributed by atoms with E-state index < -0.39 is 17.2 Å².